The molecule has 2 nitrogen and oxygen atoms in total. The molecule has 1 saturated carbocycles. The van der Waals surface area contributed by atoms with Gasteiger partial charge in [0, 0.05) is 29.0 Å². The molecule has 0 aromatic carbocycles. The fourth-order valence-electron chi connectivity index (χ4n) is 1.34. The number of nitrogens with two attached hydrogens (primary N) is 1. The van der Waals surface area contributed by atoms with Crippen molar-refractivity contribution >= 4 is 11.6 Å². The summed E-state index contributed by atoms with van der Waals surface area (Å²) in [5.74, 6) is 0.631. The molecule has 0 radical (unpaired) electrons. The highest BCUT2D eigenvalue weighted by atomic mass is 35.5. The molecule has 1 aromatic heterocycles. The van der Waals surface area contributed by atoms with Crippen LogP contribution in [0.3, 0.4) is 0 Å². The number of hydrogen-bond donors (Lipinski definition) is 1. The average molecular weight is 183 g/mol. The smallest absolute Gasteiger partial charge is 0.0484 e. The van der Waals surface area contributed by atoms with Crippen LogP contribution in [0.2, 0.25) is 5.02 Å². The van der Waals surface area contributed by atoms with Crippen molar-refractivity contribution in [3.8, 4) is 0 Å². The fourth-order valence-corrected chi connectivity index (χ4v) is 1.58. The minimum atomic E-state index is 0.0891. The molecule has 0 bridgehead atoms. The van der Waals surface area contributed by atoms with Crippen LogP contribution in [-0.2, 0) is 0 Å². The molecule has 3 heteroatoms. The van der Waals surface area contributed by atoms with Crippen molar-refractivity contribution in [3.63, 3.8) is 0 Å². The van der Waals surface area contributed by atoms with Gasteiger partial charge in [0.05, 0.1) is 0 Å². The first-order valence-corrected chi connectivity index (χ1v) is 4.52. The summed E-state index contributed by atoms with van der Waals surface area (Å²) in [6, 6.07) is 1.88. The van der Waals surface area contributed by atoms with Crippen molar-refractivity contribution in [2.75, 3.05) is 0 Å². The highest BCUT2D eigenvalue weighted by molar-refractivity contribution is 6.31. The van der Waals surface area contributed by atoms with Crippen molar-refractivity contribution < 1.29 is 0 Å². The van der Waals surface area contributed by atoms with Gasteiger partial charge in [-0.2, -0.15) is 0 Å². The molecule has 1 unspecified atom stereocenters. The lowest BCUT2D eigenvalue weighted by Crippen LogP contribution is -2.12. The maximum Gasteiger partial charge on any atom is 0.0484 e. The Labute approximate surface area is 76.7 Å². The van der Waals surface area contributed by atoms with Gasteiger partial charge < -0.3 is 5.73 Å². The van der Waals surface area contributed by atoms with E-state index in [0.717, 1.165) is 10.6 Å². The number of hydrogen-bond acceptors (Lipinski definition) is 2. The van der Waals surface area contributed by atoms with E-state index in [1.54, 1.807) is 18.5 Å². The molecule has 0 amide bonds. The molecule has 64 valence electrons. The molecule has 1 atom stereocenters. The van der Waals surface area contributed by atoms with E-state index in [-0.39, 0.29) is 6.04 Å². The lowest BCUT2D eigenvalue weighted by molar-refractivity contribution is 0.631. The molecule has 1 aliphatic carbocycles. The number of pyridine rings is 1. The van der Waals surface area contributed by atoms with E-state index < -0.39 is 0 Å². The van der Waals surface area contributed by atoms with E-state index in [1.807, 2.05) is 0 Å². The van der Waals surface area contributed by atoms with Gasteiger partial charge in [-0.25, -0.2) is 0 Å². The second kappa shape index (κ2) is 3.04. The highest BCUT2D eigenvalue weighted by Crippen LogP contribution is 2.40. The zero-order valence-corrected chi connectivity index (χ0v) is 7.46. The monoisotopic (exact) mass is 182 g/mol. The predicted molar refractivity (Wildman–Crippen MR) is 48.9 cm³/mol. The minimum absolute atomic E-state index is 0.0891. The van der Waals surface area contributed by atoms with E-state index in [9.17, 15) is 0 Å². The molecule has 0 aliphatic heterocycles. The van der Waals surface area contributed by atoms with Gasteiger partial charge in [-0.3, -0.25) is 4.98 Å². The molecule has 0 saturated heterocycles. The van der Waals surface area contributed by atoms with Crippen molar-refractivity contribution in [2.24, 2.45) is 11.7 Å². The predicted octanol–water partition coefficient (Wildman–Crippen LogP) is 2.14. The number of halogens is 1. The Balaban J connectivity index is 2.25. The third-order valence-corrected chi connectivity index (χ3v) is 2.63. The highest BCUT2D eigenvalue weighted by Gasteiger charge is 2.30. The Morgan fingerprint density at radius 2 is 2.33 bits per heavy atom. The SMILES string of the molecule is NC(c1cnccc1Cl)C1CC1. The normalized spacial score (nSPS) is 19.2. The molecule has 12 heavy (non-hydrogen) atoms. The van der Waals surface area contributed by atoms with E-state index in [0.29, 0.717) is 5.92 Å². The van der Waals surface area contributed by atoms with Gasteiger partial charge in [0.1, 0.15) is 0 Å². The van der Waals surface area contributed by atoms with Gasteiger partial charge >= 0.3 is 0 Å². The molecule has 0 spiro atoms. The Kier molecular flexibility index (Phi) is 2.03. The van der Waals surface area contributed by atoms with Crippen LogP contribution < -0.4 is 5.73 Å². The topological polar surface area (TPSA) is 38.9 Å². The zero-order valence-electron chi connectivity index (χ0n) is 6.70. The number of nitrogens with zero attached hydrogens (tertiary/aromatic N) is 1. The summed E-state index contributed by atoms with van der Waals surface area (Å²) in [6.45, 7) is 0. The molecule has 1 aliphatic rings. The van der Waals surface area contributed by atoms with Gasteiger partial charge in [0.25, 0.3) is 0 Å². The van der Waals surface area contributed by atoms with Gasteiger partial charge in [-0.15, -0.1) is 0 Å². The summed E-state index contributed by atoms with van der Waals surface area (Å²) in [6.07, 6.45) is 5.91. The molecule has 2 rings (SSSR count). The third kappa shape index (κ3) is 1.45. The van der Waals surface area contributed by atoms with Crippen LogP contribution in [0.1, 0.15) is 24.4 Å². The summed E-state index contributed by atoms with van der Waals surface area (Å²) in [5.41, 5.74) is 6.96. The van der Waals surface area contributed by atoms with E-state index in [1.165, 1.54) is 12.8 Å². The molecular weight excluding hydrogens is 172 g/mol. The van der Waals surface area contributed by atoms with Crippen LogP contribution in [-0.4, -0.2) is 4.98 Å². The Bertz CT molecular complexity index is 284. The quantitative estimate of drug-likeness (QED) is 0.761. The van der Waals surface area contributed by atoms with E-state index in [2.05, 4.69) is 4.98 Å². The molecule has 1 aromatic rings. The summed E-state index contributed by atoms with van der Waals surface area (Å²) in [7, 11) is 0. The summed E-state index contributed by atoms with van der Waals surface area (Å²) in [4.78, 5) is 4.01. The second-order valence-electron chi connectivity index (χ2n) is 3.26. The van der Waals surface area contributed by atoms with E-state index >= 15 is 0 Å². The Hall–Kier alpha value is -0.600. The summed E-state index contributed by atoms with van der Waals surface area (Å²) >= 11 is 5.97. The summed E-state index contributed by atoms with van der Waals surface area (Å²) < 4.78 is 0. The first-order chi connectivity index (χ1) is 5.79. The molecule has 1 fully saturated rings. The molecule has 2 N–H and O–H groups in total. The number of aromatic nitrogens is 1. The lowest BCUT2D eigenvalue weighted by Gasteiger charge is -2.10. The first kappa shape index (κ1) is 8.02. The molecule has 1 heterocycles. The second-order valence-corrected chi connectivity index (χ2v) is 3.67. The van der Waals surface area contributed by atoms with Crippen LogP contribution in [0.4, 0.5) is 0 Å². The third-order valence-electron chi connectivity index (χ3n) is 2.29. The molecular formula is C9H11ClN2. The van der Waals surface area contributed by atoms with Crippen molar-refractivity contribution in [1.29, 1.82) is 0 Å². The fraction of sp³-hybridized carbons (Fsp3) is 0.444. The van der Waals surface area contributed by atoms with E-state index in [4.69, 9.17) is 17.3 Å². The average Bonchev–Trinajstić information content (AvgIpc) is 2.86. The van der Waals surface area contributed by atoms with Crippen LogP contribution in [0.15, 0.2) is 18.5 Å². The van der Waals surface area contributed by atoms with Gasteiger partial charge in [-0.1, -0.05) is 11.6 Å². The lowest BCUT2D eigenvalue weighted by atomic mass is 10.1. The van der Waals surface area contributed by atoms with Crippen LogP contribution in [0, 0.1) is 5.92 Å². The van der Waals surface area contributed by atoms with Crippen molar-refractivity contribution in [3.05, 3.63) is 29.0 Å². The van der Waals surface area contributed by atoms with Crippen LogP contribution in [0.25, 0.3) is 0 Å². The van der Waals surface area contributed by atoms with Gasteiger partial charge in [0.15, 0.2) is 0 Å². The van der Waals surface area contributed by atoms with Crippen LogP contribution in [0.5, 0.6) is 0 Å². The van der Waals surface area contributed by atoms with Crippen molar-refractivity contribution in [1.82, 2.24) is 4.98 Å². The first-order valence-electron chi connectivity index (χ1n) is 4.14. The maximum atomic E-state index is 5.98. The Morgan fingerprint density at radius 3 is 2.92 bits per heavy atom. The van der Waals surface area contributed by atoms with Gasteiger partial charge in [0.2, 0.25) is 0 Å². The van der Waals surface area contributed by atoms with Gasteiger partial charge in [-0.05, 0) is 24.8 Å². The van der Waals surface area contributed by atoms with Crippen LogP contribution >= 0.6 is 11.6 Å². The zero-order chi connectivity index (χ0) is 8.55. The van der Waals surface area contributed by atoms with Crippen molar-refractivity contribution in [2.45, 2.75) is 18.9 Å². The number of rotatable bonds is 2. The minimum Gasteiger partial charge on any atom is -0.324 e. The largest absolute Gasteiger partial charge is 0.324 e. The maximum absolute atomic E-state index is 5.98. The standard InChI is InChI=1S/C9H11ClN2/c10-8-3-4-12-5-7(8)9(11)6-1-2-6/h3-6,9H,1-2,11H2. The summed E-state index contributed by atoms with van der Waals surface area (Å²) in [5, 5.41) is 0.740. The Morgan fingerprint density at radius 1 is 1.58 bits per heavy atom.